The largest absolute Gasteiger partial charge is 0.347 e. The Morgan fingerprint density at radius 1 is 1.15 bits per heavy atom. The smallest absolute Gasteiger partial charge is 0.222 e. The van der Waals surface area contributed by atoms with Gasteiger partial charge in [0.1, 0.15) is 0 Å². The van der Waals surface area contributed by atoms with Crippen molar-refractivity contribution in [1.29, 1.82) is 0 Å². The lowest BCUT2D eigenvalue weighted by Crippen LogP contribution is -2.39. The Labute approximate surface area is 161 Å². The van der Waals surface area contributed by atoms with Gasteiger partial charge in [-0.05, 0) is 24.8 Å². The van der Waals surface area contributed by atoms with Crippen molar-refractivity contribution in [2.75, 3.05) is 18.8 Å². The van der Waals surface area contributed by atoms with Crippen molar-refractivity contribution in [2.45, 2.75) is 56.2 Å². The molecule has 1 heterocycles. The van der Waals surface area contributed by atoms with E-state index in [0.29, 0.717) is 32.4 Å². The number of rotatable bonds is 8. The Kier molecular flexibility index (Phi) is 6.52. The maximum atomic E-state index is 12.5. The molecule has 1 aromatic rings. The van der Waals surface area contributed by atoms with Gasteiger partial charge in [-0.2, -0.15) is 0 Å². The van der Waals surface area contributed by atoms with Gasteiger partial charge >= 0.3 is 0 Å². The van der Waals surface area contributed by atoms with Crippen molar-refractivity contribution >= 4 is 21.7 Å². The summed E-state index contributed by atoms with van der Waals surface area (Å²) < 4.78 is 24.8. The lowest BCUT2D eigenvalue weighted by atomic mass is 10.1. The molecule has 7 heteroatoms. The number of nitrogens with zero attached hydrogens (tertiary/aromatic N) is 1. The number of carbonyl (C=O) groups is 2. The number of sulfone groups is 1. The van der Waals surface area contributed by atoms with Crippen LogP contribution in [0.5, 0.6) is 0 Å². The molecule has 148 valence electrons. The lowest BCUT2D eigenvalue weighted by molar-refractivity contribution is -0.129. The first-order chi connectivity index (χ1) is 13.0. The normalized spacial score (nSPS) is 19.4. The summed E-state index contributed by atoms with van der Waals surface area (Å²) in [7, 11) is -3.21. The van der Waals surface area contributed by atoms with Crippen LogP contribution in [-0.2, 0) is 19.4 Å². The molecule has 0 bridgehead atoms. The molecule has 0 aromatic heterocycles. The average molecular weight is 393 g/mol. The predicted molar refractivity (Wildman–Crippen MR) is 104 cm³/mol. The van der Waals surface area contributed by atoms with Gasteiger partial charge in [0.15, 0.2) is 9.84 Å². The number of amides is 2. The van der Waals surface area contributed by atoms with Gasteiger partial charge in [0.25, 0.3) is 0 Å². The fourth-order valence-electron chi connectivity index (χ4n) is 3.95. The van der Waals surface area contributed by atoms with Crippen LogP contribution in [0.1, 0.15) is 56.6 Å². The third kappa shape index (κ3) is 5.31. The highest BCUT2D eigenvalue weighted by molar-refractivity contribution is 7.92. The van der Waals surface area contributed by atoms with Gasteiger partial charge in [-0.3, -0.25) is 9.59 Å². The molecule has 1 N–H and O–H groups in total. The van der Waals surface area contributed by atoms with Gasteiger partial charge in [0.05, 0.1) is 17.0 Å². The molecule has 6 nitrogen and oxygen atoms in total. The van der Waals surface area contributed by atoms with Crippen molar-refractivity contribution in [1.82, 2.24) is 10.2 Å². The first-order valence-corrected chi connectivity index (χ1v) is 11.5. The number of hydrogen-bond acceptors (Lipinski definition) is 4. The van der Waals surface area contributed by atoms with Gasteiger partial charge in [-0.25, -0.2) is 8.42 Å². The number of benzene rings is 1. The number of hydrogen-bond donors (Lipinski definition) is 1. The third-order valence-electron chi connectivity index (χ3n) is 5.54. The molecule has 2 fully saturated rings. The highest BCUT2D eigenvalue weighted by atomic mass is 32.2. The second-order valence-electron chi connectivity index (χ2n) is 7.50. The van der Waals surface area contributed by atoms with Gasteiger partial charge in [0, 0.05) is 25.9 Å². The van der Waals surface area contributed by atoms with E-state index in [4.69, 9.17) is 0 Å². The van der Waals surface area contributed by atoms with Crippen LogP contribution in [0.2, 0.25) is 0 Å². The minimum absolute atomic E-state index is 0.0316. The number of nitrogens with one attached hydrogen (secondary N) is 1. The second kappa shape index (κ2) is 8.87. The number of likely N-dealkylation sites (tertiary alicyclic amines) is 1. The Hall–Kier alpha value is -1.89. The predicted octanol–water partition coefficient (Wildman–Crippen LogP) is 2.21. The number of carbonyl (C=O) groups excluding carboxylic acids is 2. The Morgan fingerprint density at radius 2 is 1.85 bits per heavy atom. The Balaban J connectivity index is 1.61. The Bertz CT molecular complexity index is 757. The fraction of sp³-hybridized carbons (Fsp3) is 0.600. The quantitative estimate of drug-likeness (QED) is 0.735. The third-order valence-corrected chi connectivity index (χ3v) is 7.80. The fourth-order valence-corrected chi connectivity index (χ4v) is 5.81. The molecule has 3 rings (SSSR count). The van der Waals surface area contributed by atoms with Crippen LogP contribution in [0, 0.1) is 0 Å². The van der Waals surface area contributed by atoms with Crippen LogP contribution in [-0.4, -0.2) is 49.2 Å². The van der Waals surface area contributed by atoms with E-state index in [1.54, 1.807) is 4.90 Å². The van der Waals surface area contributed by atoms with Gasteiger partial charge in [-0.1, -0.05) is 43.2 Å². The van der Waals surface area contributed by atoms with Gasteiger partial charge in [-0.15, -0.1) is 0 Å². The van der Waals surface area contributed by atoms with Crippen LogP contribution in [0.25, 0.3) is 0 Å². The Morgan fingerprint density at radius 3 is 2.48 bits per heavy atom. The zero-order valence-corrected chi connectivity index (χ0v) is 16.4. The summed E-state index contributed by atoms with van der Waals surface area (Å²) in [4.78, 5) is 26.2. The molecular formula is C20H28N2O4S. The topological polar surface area (TPSA) is 83.6 Å². The highest BCUT2D eigenvalue weighted by Crippen LogP contribution is 2.25. The SMILES string of the molecule is O=C(CCS(=O)(=O)C1CCCC1)N[C@H](CN1CCCC1=O)c1ccccc1. The summed E-state index contributed by atoms with van der Waals surface area (Å²) in [6, 6.07) is 9.20. The molecule has 1 aromatic carbocycles. The first kappa shape index (κ1) is 19.9. The van der Waals surface area contributed by atoms with Crippen LogP contribution in [0.15, 0.2) is 30.3 Å². The van der Waals surface area contributed by atoms with E-state index in [2.05, 4.69) is 5.32 Å². The van der Waals surface area contributed by atoms with E-state index in [1.807, 2.05) is 30.3 Å². The van der Waals surface area contributed by atoms with E-state index >= 15 is 0 Å². The van der Waals surface area contributed by atoms with Crippen LogP contribution in [0.4, 0.5) is 0 Å². The van der Waals surface area contributed by atoms with Gasteiger partial charge in [0.2, 0.25) is 11.8 Å². The summed E-state index contributed by atoms with van der Waals surface area (Å²) in [5.41, 5.74) is 0.921. The summed E-state index contributed by atoms with van der Waals surface area (Å²) >= 11 is 0. The van der Waals surface area contributed by atoms with Crippen molar-refractivity contribution in [3.8, 4) is 0 Å². The van der Waals surface area contributed by atoms with Crippen LogP contribution < -0.4 is 5.32 Å². The monoisotopic (exact) mass is 392 g/mol. The van der Waals surface area contributed by atoms with E-state index in [-0.39, 0.29) is 35.3 Å². The van der Waals surface area contributed by atoms with Crippen molar-refractivity contribution in [2.24, 2.45) is 0 Å². The molecule has 1 aliphatic heterocycles. The van der Waals surface area contributed by atoms with E-state index in [9.17, 15) is 18.0 Å². The molecule has 0 spiro atoms. The van der Waals surface area contributed by atoms with Gasteiger partial charge < -0.3 is 10.2 Å². The summed E-state index contributed by atoms with van der Waals surface area (Å²) in [6.07, 6.45) is 4.70. The molecule has 0 unspecified atom stereocenters. The van der Waals surface area contributed by atoms with Crippen molar-refractivity contribution in [3.05, 3.63) is 35.9 Å². The maximum Gasteiger partial charge on any atom is 0.222 e. The molecule has 1 saturated heterocycles. The molecule has 0 radical (unpaired) electrons. The molecule has 2 aliphatic rings. The van der Waals surface area contributed by atoms with E-state index < -0.39 is 9.84 Å². The average Bonchev–Trinajstić information content (AvgIpc) is 3.33. The lowest BCUT2D eigenvalue weighted by Gasteiger charge is -2.25. The first-order valence-electron chi connectivity index (χ1n) is 9.79. The van der Waals surface area contributed by atoms with E-state index in [1.165, 1.54) is 0 Å². The highest BCUT2D eigenvalue weighted by Gasteiger charge is 2.30. The zero-order chi connectivity index (χ0) is 19.3. The van der Waals surface area contributed by atoms with Crippen molar-refractivity contribution < 1.29 is 18.0 Å². The zero-order valence-electron chi connectivity index (χ0n) is 15.6. The molecule has 2 amide bonds. The minimum Gasteiger partial charge on any atom is -0.347 e. The van der Waals surface area contributed by atoms with E-state index in [0.717, 1.165) is 24.8 Å². The molecular weight excluding hydrogens is 364 g/mol. The van der Waals surface area contributed by atoms with Crippen LogP contribution in [0.3, 0.4) is 0 Å². The van der Waals surface area contributed by atoms with Crippen LogP contribution >= 0.6 is 0 Å². The second-order valence-corrected chi connectivity index (χ2v) is 9.90. The standard InChI is InChI=1S/C20H28N2O4S/c23-19(12-14-27(25,26)17-9-4-5-10-17)21-18(16-7-2-1-3-8-16)15-22-13-6-11-20(22)24/h1-3,7-8,17-18H,4-6,9-15H2,(H,21,23)/t18-/m1/s1. The molecule has 27 heavy (non-hydrogen) atoms. The summed E-state index contributed by atoms with van der Waals surface area (Å²) in [6.45, 7) is 1.12. The minimum atomic E-state index is -3.21. The summed E-state index contributed by atoms with van der Waals surface area (Å²) in [5.74, 6) is -0.278. The molecule has 1 aliphatic carbocycles. The molecule has 1 atom stereocenters. The van der Waals surface area contributed by atoms with Crippen molar-refractivity contribution in [3.63, 3.8) is 0 Å². The summed E-state index contributed by atoms with van der Waals surface area (Å²) in [5, 5.41) is 2.67. The molecule has 1 saturated carbocycles. The maximum absolute atomic E-state index is 12.5.